The largest absolute Gasteiger partial charge is 0.372 e. The van der Waals surface area contributed by atoms with E-state index in [1.165, 1.54) is 5.57 Å². The summed E-state index contributed by atoms with van der Waals surface area (Å²) in [5.41, 5.74) is 3.56. The molecule has 0 aromatic heterocycles. The van der Waals surface area contributed by atoms with Gasteiger partial charge in [-0.3, -0.25) is 5.32 Å². The quantitative estimate of drug-likeness (QED) is 0.587. The van der Waals surface area contributed by atoms with Crippen molar-refractivity contribution in [2.24, 2.45) is 4.99 Å². The van der Waals surface area contributed by atoms with Gasteiger partial charge in [0.05, 0.1) is 11.9 Å². The van der Waals surface area contributed by atoms with E-state index in [0.29, 0.717) is 24.0 Å². The van der Waals surface area contributed by atoms with Crippen molar-refractivity contribution in [2.45, 2.75) is 38.3 Å². The first kappa shape index (κ1) is 23.3. The van der Waals surface area contributed by atoms with Crippen LogP contribution in [-0.4, -0.2) is 54.5 Å². The normalized spacial score (nSPS) is 24.1. The molecule has 2 N–H and O–H groups in total. The standard InChI is InChI=1S/C23H30ClF2N5/c1-5-18(24)15-19-17(3)30(4)22(31-13-9-23(25,26)10-14-31)29-20(19)8-12-28-21-16(2)7-6-11-27-21/h5-7,11,15,21,27-28H,1,3,8-10,12-14H2,2,4H3/b18-15+. The molecule has 0 radical (unpaired) electrons. The summed E-state index contributed by atoms with van der Waals surface area (Å²) >= 11 is 6.23. The molecule has 3 heterocycles. The number of hydrogen-bond donors (Lipinski definition) is 2. The van der Waals surface area contributed by atoms with Gasteiger partial charge in [0.2, 0.25) is 5.96 Å². The minimum Gasteiger partial charge on any atom is -0.372 e. The Hall–Kier alpha value is -2.38. The minimum absolute atomic E-state index is 0.0589. The monoisotopic (exact) mass is 449 g/mol. The van der Waals surface area contributed by atoms with Crippen LogP contribution in [0, 0.1) is 0 Å². The number of aliphatic imine (C=N–C) groups is 1. The van der Waals surface area contributed by atoms with Gasteiger partial charge in [0, 0.05) is 62.2 Å². The number of nitrogens with zero attached hydrogens (tertiary/aromatic N) is 3. The fourth-order valence-corrected chi connectivity index (χ4v) is 3.84. The van der Waals surface area contributed by atoms with Gasteiger partial charge in [-0.25, -0.2) is 13.8 Å². The average Bonchev–Trinajstić information content (AvgIpc) is 2.74. The Morgan fingerprint density at radius 1 is 1.42 bits per heavy atom. The highest BCUT2D eigenvalue weighted by molar-refractivity contribution is 6.31. The maximum Gasteiger partial charge on any atom is 0.251 e. The van der Waals surface area contributed by atoms with Gasteiger partial charge in [0.1, 0.15) is 0 Å². The number of hydrogen-bond acceptors (Lipinski definition) is 5. The van der Waals surface area contributed by atoms with E-state index >= 15 is 0 Å². The first-order chi connectivity index (χ1) is 14.7. The van der Waals surface area contributed by atoms with E-state index in [0.717, 1.165) is 17.0 Å². The van der Waals surface area contributed by atoms with Crippen LogP contribution in [0.5, 0.6) is 0 Å². The number of allylic oxidation sites excluding steroid dienone is 5. The number of likely N-dealkylation sites (tertiary alicyclic amines) is 1. The zero-order chi connectivity index (χ0) is 22.6. The lowest BCUT2D eigenvalue weighted by Gasteiger charge is -2.40. The molecule has 0 spiro atoms. The van der Waals surface area contributed by atoms with E-state index in [9.17, 15) is 8.78 Å². The van der Waals surface area contributed by atoms with Crippen molar-refractivity contribution in [1.82, 2.24) is 20.4 Å². The lowest BCUT2D eigenvalue weighted by Crippen LogP contribution is -2.49. The van der Waals surface area contributed by atoms with Crippen LogP contribution >= 0.6 is 11.6 Å². The molecule has 0 aromatic rings. The summed E-state index contributed by atoms with van der Waals surface area (Å²) in [6, 6.07) is 0. The molecule has 31 heavy (non-hydrogen) atoms. The summed E-state index contributed by atoms with van der Waals surface area (Å²) < 4.78 is 27.3. The van der Waals surface area contributed by atoms with Crippen molar-refractivity contribution >= 4 is 17.6 Å². The van der Waals surface area contributed by atoms with E-state index in [2.05, 4.69) is 36.8 Å². The van der Waals surface area contributed by atoms with E-state index in [1.807, 2.05) is 29.1 Å². The second-order valence-electron chi connectivity index (χ2n) is 7.93. The first-order valence-electron chi connectivity index (χ1n) is 10.4. The smallest absolute Gasteiger partial charge is 0.251 e. The number of nitrogens with one attached hydrogen (secondary N) is 2. The molecular weight excluding hydrogens is 420 g/mol. The summed E-state index contributed by atoms with van der Waals surface area (Å²) in [4.78, 5) is 8.63. The number of piperidine rings is 1. The molecule has 0 aliphatic carbocycles. The molecular formula is C23H30ClF2N5. The van der Waals surface area contributed by atoms with Gasteiger partial charge in [0.15, 0.2) is 0 Å². The third-order valence-electron chi connectivity index (χ3n) is 5.70. The van der Waals surface area contributed by atoms with Gasteiger partial charge in [-0.2, -0.15) is 0 Å². The van der Waals surface area contributed by atoms with Crippen LogP contribution in [0.1, 0.15) is 26.2 Å². The topological polar surface area (TPSA) is 42.9 Å². The summed E-state index contributed by atoms with van der Waals surface area (Å²) in [6.45, 7) is 11.2. The average molecular weight is 450 g/mol. The first-order valence-corrected chi connectivity index (χ1v) is 10.8. The predicted octanol–water partition coefficient (Wildman–Crippen LogP) is 4.46. The van der Waals surface area contributed by atoms with E-state index in [1.54, 1.807) is 12.2 Å². The van der Waals surface area contributed by atoms with Crippen LogP contribution in [0.2, 0.25) is 0 Å². The molecule has 8 heteroatoms. The molecule has 168 valence electrons. The highest BCUT2D eigenvalue weighted by atomic mass is 35.5. The number of likely N-dealkylation sites (N-methyl/N-ethyl adjacent to an activating group) is 1. The van der Waals surface area contributed by atoms with Gasteiger partial charge in [-0.1, -0.05) is 36.9 Å². The maximum absolute atomic E-state index is 13.7. The molecule has 1 fully saturated rings. The Kier molecular flexibility index (Phi) is 7.38. The van der Waals surface area contributed by atoms with E-state index in [4.69, 9.17) is 16.6 Å². The second kappa shape index (κ2) is 9.83. The number of rotatable bonds is 6. The van der Waals surface area contributed by atoms with Gasteiger partial charge < -0.3 is 15.1 Å². The number of halogens is 3. The zero-order valence-corrected chi connectivity index (χ0v) is 18.9. The fraction of sp³-hybridized carbons (Fsp3) is 0.435. The molecule has 3 aliphatic heterocycles. The molecule has 1 saturated heterocycles. The Morgan fingerprint density at radius 3 is 2.77 bits per heavy atom. The summed E-state index contributed by atoms with van der Waals surface area (Å²) in [7, 11) is 1.85. The van der Waals surface area contributed by atoms with Gasteiger partial charge in [-0.05, 0) is 30.8 Å². The SMILES string of the molecule is C=C/C(Cl)=C\C1=C(CCNC2NC=CC=C2C)N=C(N2CCC(F)(F)CC2)N(C)C1=C. The van der Waals surface area contributed by atoms with Crippen LogP contribution in [0.15, 0.2) is 76.2 Å². The van der Waals surface area contributed by atoms with Gasteiger partial charge >= 0.3 is 0 Å². The lowest BCUT2D eigenvalue weighted by molar-refractivity contribution is -0.0447. The van der Waals surface area contributed by atoms with Crippen molar-refractivity contribution in [2.75, 3.05) is 26.7 Å². The lowest BCUT2D eigenvalue weighted by atomic mass is 10.0. The van der Waals surface area contributed by atoms with Gasteiger partial charge in [-0.15, -0.1) is 0 Å². The Balaban J connectivity index is 1.83. The molecule has 1 unspecified atom stereocenters. The van der Waals surface area contributed by atoms with Crippen LogP contribution in [0.3, 0.4) is 0 Å². The number of alkyl halides is 2. The highest BCUT2D eigenvalue weighted by Crippen LogP contribution is 2.32. The number of guanidine groups is 1. The summed E-state index contributed by atoms with van der Waals surface area (Å²) in [5, 5.41) is 7.24. The van der Waals surface area contributed by atoms with Crippen LogP contribution in [0.25, 0.3) is 0 Å². The van der Waals surface area contributed by atoms with E-state index in [-0.39, 0.29) is 32.1 Å². The van der Waals surface area contributed by atoms with Crippen molar-refractivity contribution in [1.29, 1.82) is 0 Å². The van der Waals surface area contributed by atoms with Crippen molar-refractivity contribution in [3.63, 3.8) is 0 Å². The molecule has 0 bridgehead atoms. The summed E-state index contributed by atoms with van der Waals surface area (Å²) in [5.74, 6) is -1.96. The number of dihydropyridines is 1. The molecule has 5 nitrogen and oxygen atoms in total. The Bertz CT molecular complexity index is 874. The fourth-order valence-electron chi connectivity index (χ4n) is 3.73. The Labute approximate surface area is 188 Å². The van der Waals surface area contributed by atoms with Crippen LogP contribution in [-0.2, 0) is 0 Å². The van der Waals surface area contributed by atoms with Crippen LogP contribution < -0.4 is 10.6 Å². The van der Waals surface area contributed by atoms with Crippen molar-refractivity contribution < 1.29 is 8.78 Å². The third-order valence-corrected chi connectivity index (χ3v) is 5.96. The Morgan fingerprint density at radius 2 is 2.13 bits per heavy atom. The molecule has 0 saturated carbocycles. The molecule has 0 amide bonds. The second-order valence-corrected chi connectivity index (χ2v) is 8.36. The molecule has 3 aliphatic rings. The van der Waals surface area contributed by atoms with Crippen molar-refractivity contribution in [3.05, 3.63) is 71.2 Å². The molecule has 3 rings (SSSR count). The highest BCUT2D eigenvalue weighted by Gasteiger charge is 2.37. The third kappa shape index (κ3) is 5.66. The van der Waals surface area contributed by atoms with Crippen molar-refractivity contribution in [3.8, 4) is 0 Å². The minimum atomic E-state index is -2.61. The van der Waals surface area contributed by atoms with Gasteiger partial charge in [0.25, 0.3) is 5.92 Å². The maximum atomic E-state index is 13.7. The van der Waals surface area contributed by atoms with E-state index < -0.39 is 5.92 Å². The van der Waals surface area contributed by atoms with Crippen LogP contribution in [0.4, 0.5) is 8.78 Å². The zero-order valence-electron chi connectivity index (χ0n) is 18.1. The predicted molar refractivity (Wildman–Crippen MR) is 124 cm³/mol. The molecule has 0 aromatic carbocycles. The summed E-state index contributed by atoms with van der Waals surface area (Å²) in [6.07, 6.45) is 9.65. The molecule has 1 atom stereocenters.